The molecular weight excluding hydrogens is 266 g/mol. The van der Waals surface area contributed by atoms with Gasteiger partial charge in [-0.2, -0.15) is 0 Å². The van der Waals surface area contributed by atoms with Gasteiger partial charge in [-0.05, 0) is 13.0 Å². The first kappa shape index (κ1) is 13.6. The van der Waals surface area contributed by atoms with Crippen molar-refractivity contribution < 1.29 is 9.15 Å². The van der Waals surface area contributed by atoms with Crippen molar-refractivity contribution in [1.29, 1.82) is 0 Å². The summed E-state index contributed by atoms with van der Waals surface area (Å²) in [4.78, 5) is 9.14. The van der Waals surface area contributed by atoms with Crippen LogP contribution in [0.5, 0.6) is 0 Å². The fraction of sp³-hybridized carbons (Fsp3) is 0.250. The van der Waals surface area contributed by atoms with E-state index in [0.717, 1.165) is 33.8 Å². The summed E-state index contributed by atoms with van der Waals surface area (Å²) in [6, 6.07) is 9.79. The van der Waals surface area contributed by atoms with Crippen LogP contribution in [0.15, 0.2) is 34.7 Å². The van der Waals surface area contributed by atoms with Gasteiger partial charge in [-0.1, -0.05) is 18.2 Å². The van der Waals surface area contributed by atoms with Crippen LogP contribution in [0.3, 0.4) is 0 Å². The summed E-state index contributed by atoms with van der Waals surface area (Å²) < 4.78 is 11.0. The number of para-hydroxylation sites is 1. The van der Waals surface area contributed by atoms with E-state index >= 15 is 0 Å². The molecule has 21 heavy (non-hydrogen) atoms. The molecule has 5 nitrogen and oxygen atoms in total. The van der Waals surface area contributed by atoms with Gasteiger partial charge in [0, 0.05) is 25.6 Å². The standard InChI is InChI=1S/C16H17N3O2/c1-10-15(12-6-4-5-7-13(12)21-10)16-18-11(9-20-3)8-14(17-2)19-16/h4-8H,9H2,1-3H3,(H,17,18,19). The molecule has 5 heteroatoms. The molecule has 0 fully saturated rings. The van der Waals surface area contributed by atoms with E-state index in [1.807, 2.05) is 44.3 Å². The molecule has 0 saturated carbocycles. The summed E-state index contributed by atoms with van der Waals surface area (Å²) in [7, 11) is 3.49. The van der Waals surface area contributed by atoms with Crippen LogP contribution in [-0.4, -0.2) is 24.1 Å². The number of hydrogen-bond acceptors (Lipinski definition) is 5. The number of aromatic nitrogens is 2. The van der Waals surface area contributed by atoms with Gasteiger partial charge in [0.2, 0.25) is 0 Å². The van der Waals surface area contributed by atoms with E-state index in [4.69, 9.17) is 9.15 Å². The summed E-state index contributed by atoms with van der Waals surface area (Å²) in [5.74, 6) is 2.22. The molecule has 0 aliphatic carbocycles. The van der Waals surface area contributed by atoms with Crippen molar-refractivity contribution in [2.45, 2.75) is 13.5 Å². The third-order valence-electron chi connectivity index (χ3n) is 3.32. The molecule has 0 saturated heterocycles. The Labute approximate surface area is 123 Å². The molecule has 0 bridgehead atoms. The lowest BCUT2D eigenvalue weighted by molar-refractivity contribution is 0.181. The van der Waals surface area contributed by atoms with Crippen LogP contribution in [0.1, 0.15) is 11.5 Å². The molecule has 1 N–H and O–H groups in total. The Balaban J connectivity index is 2.22. The van der Waals surface area contributed by atoms with E-state index in [9.17, 15) is 0 Å². The zero-order chi connectivity index (χ0) is 14.8. The highest BCUT2D eigenvalue weighted by Crippen LogP contribution is 2.33. The van der Waals surface area contributed by atoms with Crippen molar-refractivity contribution in [2.75, 3.05) is 19.5 Å². The molecule has 0 aliphatic rings. The van der Waals surface area contributed by atoms with E-state index in [-0.39, 0.29) is 0 Å². The number of benzene rings is 1. The van der Waals surface area contributed by atoms with Crippen molar-refractivity contribution in [3.8, 4) is 11.4 Å². The van der Waals surface area contributed by atoms with E-state index in [1.165, 1.54) is 0 Å². The highest BCUT2D eigenvalue weighted by atomic mass is 16.5. The lowest BCUT2D eigenvalue weighted by Crippen LogP contribution is -2.02. The number of nitrogens with one attached hydrogen (secondary N) is 1. The van der Waals surface area contributed by atoms with Crippen LogP contribution in [0, 0.1) is 6.92 Å². The smallest absolute Gasteiger partial charge is 0.166 e. The predicted octanol–water partition coefficient (Wildman–Crippen LogP) is 3.39. The number of hydrogen-bond donors (Lipinski definition) is 1. The van der Waals surface area contributed by atoms with Gasteiger partial charge < -0.3 is 14.5 Å². The van der Waals surface area contributed by atoms with Gasteiger partial charge in [0.15, 0.2) is 5.82 Å². The average molecular weight is 283 g/mol. The first-order valence-corrected chi connectivity index (χ1v) is 6.76. The minimum atomic E-state index is 0.443. The number of fused-ring (bicyclic) bond motifs is 1. The number of methoxy groups -OCH3 is 1. The maximum absolute atomic E-state index is 5.80. The van der Waals surface area contributed by atoms with Gasteiger partial charge in [0.1, 0.15) is 17.2 Å². The molecule has 0 radical (unpaired) electrons. The zero-order valence-corrected chi connectivity index (χ0v) is 12.3. The van der Waals surface area contributed by atoms with Crippen molar-refractivity contribution >= 4 is 16.8 Å². The van der Waals surface area contributed by atoms with Gasteiger partial charge in [-0.25, -0.2) is 9.97 Å². The number of ether oxygens (including phenoxy) is 1. The summed E-state index contributed by atoms with van der Waals surface area (Å²) >= 11 is 0. The third kappa shape index (κ3) is 2.48. The SMILES string of the molecule is CNc1cc(COC)nc(-c2c(C)oc3ccccc23)n1. The first-order chi connectivity index (χ1) is 10.2. The van der Waals surface area contributed by atoms with Crippen LogP contribution < -0.4 is 5.32 Å². The highest BCUT2D eigenvalue weighted by molar-refractivity contribution is 5.93. The van der Waals surface area contributed by atoms with Gasteiger partial charge in [0.25, 0.3) is 0 Å². The number of aryl methyl sites for hydroxylation is 1. The normalized spacial score (nSPS) is 11.0. The second-order valence-electron chi connectivity index (χ2n) is 4.78. The quantitative estimate of drug-likeness (QED) is 0.795. The van der Waals surface area contributed by atoms with Crippen LogP contribution in [0.4, 0.5) is 5.82 Å². The minimum Gasteiger partial charge on any atom is -0.461 e. The molecule has 0 amide bonds. The molecule has 2 aromatic heterocycles. The molecule has 1 aromatic carbocycles. The Kier molecular flexibility index (Phi) is 3.58. The first-order valence-electron chi connectivity index (χ1n) is 6.76. The summed E-state index contributed by atoms with van der Waals surface area (Å²) in [5, 5.41) is 4.08. The fourth-order valence-corrected chi connectivity index (χ4v) is 2.40. The summed E-state index contributed by atoms with van der Waals surface area (Å²) in [6.07, 6.45) is 0. The Morgan fingerprint density at radius 3 is 2.81 bits per heavy atom. The second kappa shape index (κ2) is 5.54. The lowest BCUT2D eigenvalue weighted by atomic mass is 10.1. The van der Waals surface area contributed by atoms with Crippen LogP contribution in [0.25, 0.3) is 22.4 Å². The Hall–Kier alpha value is -2.40. The predicted molar refractivity (Wildman–Crippen MR) is 82.2 cm³/mol. The molecule has 0 atom stereocenters. The molecule has 0 unspecified atom stereocenters. The Morgan fingerprint density at radius 1 is 1.24 bits per heavy atom. The second-order valence-corrected chi connectivity index (χ2v) is 4.78. The van der Waals surface area contributed by atoms with E-state index < -0.39 is 0 Å². The molecule has 2 heterocycles. The largest absolute Gasteiger partial charge is 0.461 e. The van der Waals surface area contributed by atoms with Gasteiger partial charge in [0.05, 0.1) is 17.9 Å². The third-order valence-corrected chi connectivity index (χ3v) is 3.32. The molecule has 3 rings (SSSR count). The van der Waals surface area contributed by atoms with Crippen molar-refractivity contribution in [3.05, 3.63) is 41.8 Å². The van der Waals surface area contributed by atoms with Gasteiger partial charge >= 0.3 is 0 Å². The van der Waals surface area contributed by atoms with E-state index in [1.54, 1.807) is 7.11 Å². The van der Waals surface area contributed by atoms with Crippen LogP contribution in [-0.2, 0) is 11.3 Å². The lowest BCUT2D eigenvalue weighted by Gasteiger charge is -2.07. The number of rotatable bonds is 4. The topological polar surface area (TPSA) is 60.2 Å². The maximum Gasteiger partial charge on any atom is 0.166 e. The molecule has 108 valence electrons. The molecule has 0 spiro atoms. The number of furan rings is 1. The van der Waals surface area contributed by atoms with Crippen LogP contribution >= 0.6 is 0 Å². The monoisotopic (exact) mass is 283 g/mol. The van der Waals surface area contributed by atoms with Crippen molar-refractivity contribution in [2.24, 2.45) is 0 Å². The van der Waals surface area contributed by atoms with Crippen LogP contribution in [0.2, 0.25) is 0 Å². The number of nitrogens with zero attached hydrogens (tertiary/aromatic N) is 2. The molecular formula is C16H17N3O2. The highest BCUT2D eigenvalue weighted by Gasteiger charge is 2.16. The Bertz CT molecular complexity index is 780. The van der Waals surface area contributed by atoms with E-state index in [2.05, 4.69) is 15.3 Å². The summed E-state index contributed by atoms with van der Waals surface area (Å²) in [5.41, 5.74) is 2.60. The fourth-order valence-electron chi connectivity index (χ4n) is 2.40. The average Bonchev–Trinajstić information content (AvgIpc) is 2.83. The zero-order valence-electron chi connectivity index (χ0n) is 12.3. The van der Waals surface area contributed by atoms with Gasteiger partial charge in [-0.15, -0.1) is 0 Å². The van der Waals surface area contributed by atoms with Gasteiger partial charge in [-0.3, -0.25) is 0 Å². The molecule has 3 aromatic rings. The maximum atomic E-state index is 5.80. The Morgan fingerprint density at radius 2 is 2.05 bits per heavy atom. The molecule has 0 aliphatic heterocycles. The van der Waals surface area contributed by atoms with E-state index in [0.29, 0.717) is 12.4 Å². The minimum absolute atomic E-state index is 0.443. The van der Waals surface area contributed by atoms with Crippen molar-refractivity contribution in [1.82, 2.24) is 9.97 Å². The summed E-state index contributed by atoms with van der Waals surface area (Å²) in [6.45, 7) is 2.37. The number of anilines is 1. The van der Waals surface area contributed by atoms with Crippen molar-refractivity contribution in [3.63, 3.8) is 0 Å².